The van der Waals surface area contributed by atoms with E-state index in [1.807, 2.05) is 6.92 Å². The van der Waals surface area contributed by atoms with Crippen molar-refractivity contribution in [3.63, 3.8) is 0 Å². The van der Waals surface area contributed by atoms with Crippen LogP contribution >= 0.6 is 23.2 Å². The predicted molar refractivity (Wildman–Crippen MR) is 157 cm³/mol. The van der Waals surface area contributed by atoms with Crippen LogP contribution in [0.25, 0.3) is 0 Å². The van der Waals surface area contributed by atoms with Gasteiger partial charge in [0.05, 0.1) is 20.6 Å². The highest BCUT2D eigenvalue weighted by atomic mass is 35.5. The van der Waals surface area contributed by atoms with E-state index >= 15 is 0 Å². The molecule has 3 aromatic rings. The maximum atomic E-state index is 13.9. The molecule has 0 unspecified atom stereocenters. The van der Waals surface area contributed by atoms with Crippen molar-refractivity contribution in [2.24, 2.45) is 0 Å². The van der Waals surface area contributed by atoms with Gasteiger partial charge in [0.2, 0.25) is 11.8 Å². The lowest BCUT2D eigenvalue weighted by Crippen LogP contribution is -2.51. The van der Waals surface area contributed by atoms with Gasteiger partial charge in [-0.1, -0.05) is 79.0 Å². The summed E-state index contributed by atoms with van der Waals surface area (Å²) in [5.74, 6) is -0.868. The van der Waals surface area contributed by atoms with Crippen LogP contribution in [-0.4, -0.2) is 44.3 Å². The van der Waals surface area contributed by atoms with Crippen LogP contribution in [0.5, 0.6) is 0 Å². The second kappa shape index (κ2) is 13.8. The summed E-state index contributed by atoms with van der Waals surface area (Å²) < 4.78 is 28.7. The summed E-state index contributed by atoms with van der Waals surface area (Å²) in [6.45, 7) is 5.43. The summed E-state index contributed by atoms with van der Waals surface area (Å²) in [6.07, 6.45) is 1.71. The van der Waals surface area contributed by atoms with E-state index in [-0.39, 0.29) is 17.3 Å². The molecule has 0 bridgehead atoms. The molecule has 1 N–H and O–H groups in total. The average Bonchev–Trinajstić information content (AvgIpc) is 2.92. The first-order chi connectivity index (χ1) is 18.6. The Balaban J connectivity index is 2.01. The first kappa shape index (κ1) is 30.5. The molecule has 0 radical (unpaired) electrons. The molecule has 208 valence electrons. The Morgan fingerprint density at radius 1 is 0.949 bits per heavy atom. The number of nitrogens with zero attached hydrogens (tertiary/aromatic N) is 2. The normalized spacial score (nSPS) is 12.0. The van der Waals surface area contributed by atoms with Gasteiger partial charge in [0.1, 0.15) is 12.6 Å². The monoisotopic (exact) mass is 589 g/mol. The highest BCUT2D eigenvalue weighted by Crippen LogP contribution is 2.28. The topological polar surface area (TPSA) is 86.8 Å². The number of hydrogen-bond donors (Lipinski definition) is 1. The second-order valence-corrected chi connectivity index (χ2v) is 11.9. The van der Waals surface area contributed by atoms with Crippen LogP contribution < -0.4 is 9.62 Å². The molecule has 0 saturated carbocycles. The Kier molecular flexibility index (Phi) is 10.8. The number of unbranched alkanes of at least 4 members (excludes halogenated alkanes) is 1. The molecule has 3 rings (SSSR count). The number of hydrogen-bond acceptors (Lipinski definition) is 4. The fourth-order valence-corrected chi connectivity index (χ4v) is 5.85. The largest absolute Gasteiger partial charge is 0.354 e. The SMILES string of the molecule is CCCCNC(=O)[C@@H](C)N(Cc1ccc(Cl)c(Cl)c1)C(=O)CN(c1ccccc1C)S(=O)(=O)c1ccccc1. The number of nitrogens with one attached hydrogen (secondary N) is 1. The van der Waals surface area contributed by atoms with Gasteiger partial charge < -0.3 is 10.2 Å². The van der Waals surface area contributed by atoms with Crippen molar-refractivity contribution in [1.82, 2.24) is 10.2 Å². The minimum Gasteiger partial charge on any atom is -0.354 e. The van der Waals surface area contributed by atoms with E-state index in [9.17, 15) is 18.0 Å². The maximum absolute atomic E-state index is 13.9. The van der Waals surface area contributed by atoms with Crippen molar-refractivity contribution < 1.29 is 18.0 Å². The van der Waals surface area contributed by atoms with E-state index in [2.05, 4.69) is 5.32 Å². The molecule has 0 aromatic heterocycles. The summed E-state index contributed by atoms with van der Waals surface area (Å²) in [5.41, 5.74) is 1.72. The quantitative estimate of drug-likeness (QED) is 0.269. The predicted octanol–water partition coefficient (Wildman–Crippen LogP) is 5.83. The Labute approximate surface area is 240 Å². The summed E-state index contributed by atoms with van der Waals surface area (Å²) in [5, 5.41) is 3.54. The van der Waals surface area contributed by atoms with Crippen LogP contribution in [0.4, 0.5) is 5.69 Å². The van der Waals surface area contributed by atoms with Crippen LogP contribution in [0.2, 0.25) is 10.0 Å². The molecular formula is C29H33Cl2N3O4S. The Bertz CT molecular complexity index is 1400. The number of rotatable bonds is 12. The van der Waals surface area contributed by atoms with Gasteiger partial charge in [-0.25, -0.2) is 8.42 Å². The number of sulfonamides is 1. The third-order valence-corrected chi connectivity index (χ3v) is 8.84. The molecule has 7 nitrogen and oxygen atoms in total. The maximum Gasteiger partial charge on any atom is 0.264 e. The number of anilines is 1. The lowest BCUT2D eigenvalue weighted by atomic mass is 10.1. The lowest BCUT2D eigenvalue weighted by Gasteiger charge is -2.32. The molecule has 0 spiro atoms. The van der Waals surface area contributed by atoms with E-state index in [4.69, 9.17) is 23.2 Å². The molecule has 0 saturated heterocycles. The van der Waals surface area contributed by atoms with Gasteiger partial charge in [-0.3, -0.25) is 13.9 Å². The second-order valence-electron chi connectivity index (χ2n) is 9.20. The average molecular weight is 591 g/mol. The summed E-state index contributed by atoms with van der Waals surface area (Å²) in [6, 6.07) is 19.0. The fraction of sp³-hybridized carbons (Fsp3) is 0.310. The highest BCUT2D eigenvalue weighted by Gasteiger charge is 2.33. The number of benzene rings is 3. The summed E-state index contributed by atoms with van der Waals surface area (Å²) >= 11 is 12.3. The molecule has 0 aliphatic carbocycles. The van der Waals surface area contributed by atoms with Crippen molar-refractivity contribution in [1.29, 1.82) is 0 Å². The zero-order chi connectivity index (χ0) is 28.6. The number of halogens is 2. The third kappa shape index (κ3) is 7.75. The van der Waals surface area contributed by atoms with Gasteiger partial charge in [-0.15, -0.1) is 0 Å². The van der Waals surface area contributed by atoms with Crippen LogP contribution in [0.1, 0.15) is 37.8 Å². The highest BCUT2D eigenvalue weighted by molar-refractivity contribution is 7.92. The van der Waals surface area contributed by atoms with Crippen LogP contribution in [0, 0.1) is 6.92 Å². The molecule has 0 fully saturated rings. The van der Waals surface area contributed by atoms with Crippen molar-refractivity contribution in [2.45, 2.75) is 51.1 Å². The lowest BCUT2D eigenvalue weighted by molar-refractivity contribution is -0.139. The molecule has 10 heteroatoms. The standard InChI is InChI=1S/C29H33Cl2N3O4S/c1-4-5-17-32-29(36)22(3)33(19-23-15-16-25(30)26(31)18-23)28(35)20-34(27-14-10-9-11-21(27)2)39(37,38)24-12-7-6-8-13-24/h6-16,18,22H,4-5,17,19-20H2,1-3H3,(H,32,36)/t22-/m1/s1. The molecule has 39 heavy (non-hydrogen) atoms. The van der Waals surface area contributed by atoms with Crippen molar-refractivity contribution in [3.05, 3.63) is 94.0 Å². The van der Waals surface area contributed by atoms with Crippen molar-refractivity contribution in [3.8, 4) is 0 Å². The molecule has 0 aliphatic rings. The molecule has 2 amide bonds. The zero-order valence-corrected chi connectivity index (χ0v) is 24.6. The third-order valence-electron chi connectivity index (χ3n) is 6.33. The van der Waals surface area contributed by atoms with Gasteiger partial charge in [0.25, 0.3) is 10.0 Å². The minimum atomic E-state index is -4.11. The van der Waals surface area contributed by atoms with Crippen LogP contribution in [-0.2, 0) is 26.2 Å². The Hall–Kier alpha value is -3.07. The van der Waals surface area contributed by atoms with Gasteiger partial charge in [0, 0.05) is 13.1 Å². The summed E-state index contributed by atoms with van der Waals surface area (Å²) in [7, 11) is -4.11. The molecule has 3 aromatic carbocycles. The Morgan fingerprint density at radius 3 is 2.26 bits per heavy atom. The van der Waals surface area contributed by atoms with E-state index in [0.717, 1.165) is 17.1 Å². The molecule has 1 atom stereocenters. The van der Waals surface area contributed by atoms with Crippen LogP contribution in [0.15, 0.2) is 77.7 Å². The number of aryl methyl sites for hydroxylation is 1. The number of carbonyl (C=O) groups excluding carboxylic acids is 2. The van der Waals surface area contributed by atoms with Gasteiger partial charge in [0.15, 0.2) is 0 Å². The van der Waals surface area contributed by atoms with Gasteiger partial charge >= 0.3 is 0 Å². The first-order valence-corrected chi connectivity index (χ1v) is 14.9. The van der Waals surface area contributed by atoms with E-state index in [1.54, 1.807) is 74.5 Å². The van der Waals surface area contributed by atoms with E-state index in [1.165, 1.54) is 17.0 Å². The van der Waals surface area contributed by atoms with E-state index in [0.29, 0.717) is 33.4 Å². The van der Waals surface area contributed by atoms with Gasteiger partial charge in [-0.2, -0.15) is 0 Å². The smallest absolute Gasteiger partial charge is 0.264 e. The first-order valence-electron chi connectivity index (χ1n) is 12.7. The minimum absolute atomic E-state index is 0.0328. The molecule has 0 heterocycles. The fourth-order valence-electron chi connectivity index (χ4n) is 4.03. The zero-order valence-electron chi connectivity index (χ0n) is 22.2. The number of carbonyl (C=O) groups is 2. The Morgan fingerprint density at radius 2 is 1.62 bits per heavy atom. The molecule has 0 aliphatic heterocycles. The summed E-state index contributed by atoms with van der Waals surface area (Å²) in [4.78, 5) is 28.4. The van der Waals surface area contributed by atoms with Crippen molar-refractivity contribution in [2.75, 3.05) is 17.4 Å². The number of para-hydroxylation sites is 1. The molecular weight excluding hydrogens is 557 g/mol. The number of amides is 2. The van der Waals surface area contributed by atoms with Gasteiger partial charge in [-0.05, 0) is 61.7 Å². The van der Waals surface area contributed by atoms with E-state index < -0.39 is 28.5 Å². The van der Waals surface area contributed by atoms with Crippen LogP contribution in [0.3, 0.4) is 0 Å². The van der Waals surface area contributed by atoms with Crippen molar-refractivity contribution >= 4 is 50.7 Å².